The van der Waals surface area contributed by atoms with E-state index in [-0.39, 0.29) is 17.1 Å². The number of halogens is 1. The highest BCUT2D eigenvalue weighted by molar-refractivity contribution is 6.30. The van der Waals surface area contributed by atoms with Gasteiger partial charge in [0.1, 0.15) is 22.9 Å². The summed E-state index contributed by atoms with van der Waals surface area (Å²) >= 11 is 5.71. The van der Waals surface area contributed by atoms with Crippen LogP contribution in [0.15, 0.2) is 36.5 Å². The highest BCUT2D eigenvalue weighted by Gasteiger charge is 2.21. The van der Waals surface area contributed by atoms with Crippen LogP contribution in [0.5, 0.6) is 11.5 Å². The number of anilines is 1. The lowest BCUT2D eigenvalue weighted by Gasteiger charge is -2.14. The number of hydrogen-bond acceptors (Lipinski definition) is 6. The number of pyridine rings is 1. The molecule has 2 rings (SSSR count). The van der Waals surface area contributed by atoms with E-state index in [1.165, 1.54) is 44.5 Å². The molecule has 1 heterocycles. The van der Waals surface area contributed by atoms with E-state index in [1.807, 2.05) is 0 Å². The van der Waals surface area contributed by atoms with Gasteiger partial charge in [0.25, 0.3) is 5.91 Å². The Hall–Kier alpha value is -2.80. The van der Waals surface area contributed by atoms with Gasteiger partial charge < -0.3 is 19.9 Å². The zero-order valence-electron chi connectivity index (χ0n) is 12.9. The van der Waals surface area contributed by atoms with Crippen molar-refractivity contribution in [3.05, 3.63) is 47.1 Å². The van der Waals surface area contributed by atoms with E-state index in [0.29, 0.717) is 10.8 Å². The minimum atomic E-state index is -1.09. The van der Waals surface area contributed by atoms with Crippen LogP contribution in [0.3, 0.4) is 0 Å². The molecular formula is C16H15ClN2O5. The van der Waals surface area contributed by atoms with Crippen LogP contribution in [0.25, 0.3) is 0 Å². The number of phenols is 1. The lowest BCUT2D eigenvalue weighted by molar-refractivity contribution is -0.123. The van der Waals surface area contributed by atoms with Gasteiger partial charge in [-0.3, -0.25) is 4.79 Å². The number of phenolic OH excluding ortho intramolecular Hbond substituents is 1. The molecule has 0 aliphatic rings. The van der Waals surface area contributed by atoms with E-state index < -0.39 is 18.0 Å². The number of benzene rings is 1. The highest BCUT2D eigenvalue weighted by atomic mass is 35.5. The first-order valence-corrected chi connectivity index (χ1v) is 7.29. The third kappa shape index (κ3) is 4.36. The Morgan fingerprint density at radius 2 is 2.04 bits per heavy atom. The number of aromatic hydroxyl groups is 1. The number of methoxy groups -OCH3 is 1. The second-order valence-electron chi connectivity index (χ2n) is 4.78. The predicted octanol–water partition coefficient (Wildman–Crippen LogP) is 2.63. The summed E-state index contributed by atoms with van der Waals surface area (Å²) in [6.07, 6.45) is 0.292. The lowest BCUT2D eigenvalue weighted by Crippen LogP contribution is -2.30. The molecule has 2 N–H and O–H groups in total. The largest absolute Gasteiger partial charge is 0.507 e. The van der Waals surface area contributed by atoms with E-state index in [0.717, 1.165) is 0 Å². The molecule has 1 aromatic heterocycles. The van der Waals surface area contributed by atoms with Gasteiger partial charge in [0.05, 0.1) is 12.1 Å². The van der Waals surface area contributed by atoms with Crippen molar-refractivity contribution in [1.82, 2.24) is 4.98 Å². The van der Waals surface area contributed by atoms with Crippen LogP contribution in [0.1, 0.15) is 17.3 Å². The molecule has 0 aliphatic carbocycles. The van der Waals surface area contributed by atoms with E-state index in [9.17, 15) is 14.7 Å². The first kappa shape index (κ1) is 17.6. The Balaban J connectivity index is 2.00. The molecule has 0 fully saturated rings. The van der Waals surface area contributed by atoms with Crippen molar-refractivity contribution < 1.29 is 24.2 Å². The van der Waals surface area contributed by atoms with Gasteiger partial charge in [-0.1, -0.05) is 11.6 Å². The predicted molar refractivity (Wildman–Crippen MR) is 87.4 cm³/mol. The average Bonchev–Trinajstić information content (AvgIpc) is 2.56. The molecule has 0 saturated carbocycles. The maximum absolute atomic E-state index is 12.0. The van der Waals surface area contributed by atoms with Crippen LogP contribution >= 0.6 is 11.6 Å². The number of amides is 1. The smallest absolute Gasteiger partial charge is 0.342 e. The summed E-state index contributed by atoms with van der Waals surface area (Å²) in [5.41, 5.74) is -0.0694. The van der Waals surface area contributed by atoms with Gasteiger partial charge in [0, 0.05) is 12.3 Å². The summed E-state index contributed by atoms with van der Waals surface area (Å²) in [4.78, 5) is 28.0. The fourth-order valence-corrected chi connectivity index (χ4v) is 1.88. The van der Waals surface area contributed by atoms with Crippen molar-refractivity contribution in [3.63, 3.8) is 0 Å². The number of nitrogens with one attached hydrogen (secondary N) is 1. The molecule has 7 nitrogen and oxygen atoms in total. The Kier molecular flexibility index (Phi) is 5.59. The average molecular weight is 351 g/mol. The number of carbonyl (C=O) groups is 2. The van der Waals surface area contributed by atoms with Crippen LogP contribution in [0.2, 0.25) is 5.02 Å². The number of nitrogens with zero attached hydrogens (tertiary/aromatic N) is 1. The minimum absolute atomic E-state index is 0.0694. The molecule has 24 heavy (non-hydrogen) atoms. The monoisotopic (exact) mass is 350 g/mol. The Morgan fingerprint density at radius 3 is 2.62 bits per heavy atom. The zero-order valence-corrected chi connectivity index (χ0v) is 13.7. The summed E-state index contributed by atoms with van der Waals surface area (Å²) < 4.78 is 9.97. The molecule has 0 aliphatic heterocycles. The van der Waals surface area contributed by atoms with Crippen molar-refractivity contribution in [2.75, 3.05) is 12.4 Å². The molecule has 2 aromatic rings. The second-order valence-corrected chi connectivity index (χ2v) is 5.22. The van der Waals surface area contributed by atoms with Crippen LogP contribution < -0.4 is 10.1 Å². The summed E-state index contributed by atoms with van der Waals surface area (Å²) in [5, 5.41) is 12.7. The molecule has 0 unspecified atom stereocenters. The van der Waals surface area contributed by atoms with Crippen LogP contribution in [-0.4, -0.2) is 35.2 Å². The maximum Gasteiger partial charge on any atom is 0.342 e. The third-order valence-corrected chi connectivity index (χ3v) is 3.28. The third-order valence-electron chi connectivity index (χ3n) is 3.06. The van der Waals surface area contributed by atoms with Crippen molar-refractivity contribution in [1.29, 1.82) is 0 Å². The van der Waals surface area contributed by atoms with E-state index in [2.05, 4.69) is 10.3 Å². The molecule has 1 atom stereocenters. The first-order valence-electron chi connectivity index (χ1n) is 6.91. The SMILES string of the molecule is COc1ccc(C(=O)O[C@H](C)C(=O)Nc2ccc(Cl)cn2)c(O)c1. The van der Waals surface area contributed by atoms with Crippen molar-refractivity contribution >= 4 is 29.3 Å². The van der Waals surface area contributed by atoms with E-state index in [1.54, 1.807) is 6.07 Å². The minimum Gasteiger partial charge on any atom is -0.507 e. The number of esters is 1. The quantitative estimate of drug-likeness (QED) is 0.804. The molecule has 8 heteroatoms. The van der Waals surface area contributed by atoms with Crippen molar-refractivity contribution in [2.24, 2.45) is 0 Å². The molecule has 1 aromatic carbocycles. The zero-order chi connectivity index (χ0) is 17.7. The number of ether oxygens (including phenoxy) is 2. The summed E-state index contributed by atoms with van der Waals surface area (Å²) in [5.74, 6) is -1.03. The van der Waals surface area contributed by atoms with Crippen molar-refractivity contribution in [3.8, 4) is 11.5 Å². The van der Waals surface area contributed by atoms with Gasteiger partial charge in [0.2, 0.25) is 0 Å². The highest BCUT2D eigenvalue weighted by Crippen LogP contribution is 2.24. The molecule has 0 bridgehead atoms. The fourth-order valence-electron chi connectivity index (χ4n) is 1.77. The number of rotatable bonds is 5. The van der Waals surface area contributed by atoms with Crippen molar-refractivity contribution in [2.45, 2.75) is 13.0 Å². The summed E-state index contributed by atoms with van der Waals surface area (Å²) in [6.45, 7) is 1.41. The summed E-state index contributed by atoms with van der Waals surface area (Å²) in [6, 6.07) is 7.21. The molecule has 0 saturated heterocycles. The van der Waals surface area contributed by atoms with E-state index >= 15 is 0 Å². The summed E-state index contributed by atoms with van der Waals surface area (Å²) in [7, 11) is 1.43. The maximum atomic E-state index is 12.0. The van der Waals surface area contributed by atoms with Gasteiger partial charge in [-0.2, -0.15) is 0 Å². The topological polar surface area (TPSA) is 97.8 Å². The lowest BCUT2D eigenvalue weighted by atomic mass is 10.2. The van der Waals surface area contributed by atoms with Gasteiger partial charge in [-0.05, 0) is 31.2 Å². The van der Waals surface area contributed by atoms with Gasteiger partial charge >= 0.3 is 5.97 Å². The number of hydrogen-bond donors (Lipinski definition) is 2. The van der Waals surface area contributed by atoms with E-state index in [4.69, 9.17) is 21.1 Å². The van der Waals surface area contributed by atoms with Gasteiger partial charge in [0.15, 0.2) is 6.10 Å². The Labute approximate surface area is 143 Å². The molecule has 126 valence electrons. The number of carbonyl (C=O) groups excluding carboxylic acids is 2. The molecule has 0 radical (unpaired) electrons. The number of aromatic nitrogens is 1. The fraction of sp³-hybridized carbons (Fsp3) is 0.188. The Morgan fingerprint density at radius 1 is 1.29 bits per heavy atom. The molecule has 0 spiro atoms. The van der Waals surface area contributed by atoms with Crippen LogP contribution in [-0.2, 0) is 9.53 Å². The van der Waals surface area contributed by atoms with Gasteiger partial charge in [-0.25, -0.2) is 9.78 Å². The molecule has 1 amide bonds. The standard InChI is InChI=1S/C16H15ClN2O5/c1-9(15(21)19-14-6-3-10(17)8-18-14)24-16(22)12-5-4-11(23-2)7-13(12)20/h3-9,20H,1-2H3,(H,18,19,21)/t9-/m1/s1. The van der Waals surface area contributed by atoms with Crippen LogP contribution in [0, 0.1) is 0 Å². The molecular weight excluding hydrogens is 336 g/mol. The van der Waals surface area contributed by atoms with Gasteiger partial charge in [-0.15, -0.1) is 0 Å². The first-order chi connectivity index (χ1) is 11.4. The Bertz CT molecular complexity index is 749. The van der Waals surface area contributed by atoms with Crippen LogP contribution in [0.4, 0.5) is 5.82 Å². The second kappa shape index (κ2) is 7.65. The normalized spacial score (nSPS) is 11.5.